The summed E-state index contributed by atoms with van der Waals surface area (Å²) in [6.45, 7) is 3.05. The highest BCUT2D eigenvalue weighted by molar-refractivity contribution is 5.80. The summed E-state index contributed by atoms with van der Waals surface area (Å²) in [5, 5.41) is 6.91. The molecule has 1 aliphatic carbocycles. The predicted octanol–water partition coefficient (Wildman–Crippen LogP) is 2.94. The summed E-state index contributed by atoms with van der Waals surface area (Å²) in [5.41, 5.74) is 1.14. The van der Waals surface area contributed by atoms with Gasteiger partial charge in [0.15, 0.2) is 5.96 Å². The summed E-state index contributed by atoms with van der Waals surface area (Å²) in [6, 6.07) is 8.61. The second-order valence-electron chi connectivity index (χ2n) is 5.84. The molecule has 2 N–H and O–H groups in total. The van der Waals surface area contributed by atoms with E-state index in [1.54, 1.807) is 7.11 Å². The third-order valence-corrected chi connectivity index (χ3v) is 4.22. The van der Waals surface area contributed by atoms with Gasteiger partial charge in [0, 0.05) is 25.2 Å². The first-order valence-corrected chi connectivity index (χ1v) is 7.82. The highest BCUT2D eigenvalue weighted by Crippen LogP contribution is 2.23. The molecule has 21 heavy (non-hydrogen) atoms. The number of hydrogen-bond acceptors (Lipinski definition) is 2. The molecule has 0 aliphatic heterocycles. The van der Waals surface area contributed by atoms with Gasteiger partial charge in [0.25, 0.3) is 0 Å². The minimum Gasteiger partial charge on any atom is -0.496 e. The van der Waals surface area contributed by atoms with Crippen LogP contribution in [0.4, 0.5) is 0 Å². The number of benzene rings is 1. The van der Waals surface area contributed by atoms with E-state index in [4.69, 9.17) is 4.74 Å². The summed E-state index contributed by atoms with van der Waals surface area (Å²) < 4.78 is 5.37. The monoisotopic (exact) mass is 289 g/mol. The molecule has 0 bridgehead atoms. The van der Waals surface area contributed by atoms with Gasteiger partial charge >= 0.3 is 0 Å². The summed E-state index contributed by atoms with van der Waals surface area (Å²) >= 11 is 0. The van der Waals surface area contributed by atoms with Gasteiger partial charge in [0.05, 0.1) is 7.11 Å². The van der Waals surface area contributed by atoms with Crippen LogP contribution in [0.5, 0.6) is 5.75 Å². The van der Waals surface area contributed by atoms with Crippen molar-refractivity contribution in [1.82, 2.24) is 10.6 Å². The minimum absolute atomic E-state index is 0.546. The number of hydrogen-bond donors (Lipinski definition) is 2. The third kappa shape index (κ3) is 4.66. The molecule has 1 fully saturated rings. The maximum absolute atomic E-state index is 5.37. The van der Waals surface area contributed by atoms with Crippen LogP contribution in [-0.2, 0) is 6.54 Å². The second-order valence-corrected chi connectivity index (χ2v) is 5.84. The van der Waals surface area contributed by atoms with E-state index in [0.717, 1.165) is 23.2 Å². The molecule has 116 valence electrons. The van der Waals surface area contributed by atoms with Gasteiger partial charge in [0.1, 0.15) is 5.75 Å². The first-order chi connectivity index (χ1) is 10.2. The van der Waals surface area contributed by atoms with Crippen LogP contribution in [-0.4, -0.2) is 26.2 Å². The molecule has 1 aliphatic rings. The molecular weight excluding hydrogens is 262 g/mol. The van der Waals surface area contributed by atoms with Crippen LogP contribution >= 0.6 is 0 Å². The topological polar surface area (TPSA) is 45.7 Å². The highest BCUT2D eigenvalue weighted by atomic mass is 16.5. The Balaban J connectivity index is 1.85. The highest BCUT2D eigenvalue weighted by Gasteiger charge is 2.18. The average molecular weight is 289 g/mol. The van der Waals surface area contributed by atoms with E-state index in [9.17, 15) is 0 Å². The molecule has 1 saturated carbocycles. The zero-order valence-corrected chi connectivity index (χ0v) is 13.4. The molecule has 0 radical (unpaired) electrons. The van der Waals surface area contributed by atoms with E-state index in [-0.39, 0.29) is 0 Å². The second kappa shape index (κ2) is 7.91. The Morgan fingerprint density at radius 3 is 2.62 bits per heavy atom. The molecule has 0 atom stereocenters. The SMILES string of the molecule is CN=C(NCc1ccccc1OC)NC1CCC(C)CC1. The molecular formula is C17H27N3O. The molecule has 4 nitrogen and oxygen atoms in total. The first kappa shape index (κ1) is 15.7. The number of para-hydroxylation sites is 1. The fourth-order valence-corrected chi connectivity index (χ4v) is 2.82. The quantitative estimate of drug-likeness (QED) is 0.662. The van der Waals surface area contributed by atoms with E-state index in [1.165, 1.54) is 25.7 Å². The summed E-state index contributed by atoms with van der Waals surface area (Å²) in [6.07, 6.45) is 5.08. The maximum atomic E-state index is 5.37. The number of guanidine groups is 1. The molecule has 1 aromatic carbocycles. The fourth-order valence-electron chi connectivity index (χ4n) is 2.82. The van der Waals surface area contributed by atoms with Crippen LogP contribution in [0, 0.1) is 5.92 Å². The molecule has 0 saturated heterocycles. The largest absolute Gasteiger partial charge is 0.496 e. The van der Waals surface area contributed by atoms with Crippen LogP contribution in [0.15, 0.2) is 29.3 Å². The van der Waals surface area contributed by atoms with Gasteiger partial charge in [-0.05, 0) is 37.7 Å². The van der Waals surface area contributed by atoms with E-state index in [0.29, 0.717) is 12.6 Å². The van der Waals surface area contributed by atoms with Gasteiger partial charge in [-0.25, -0.2) is 0 Å². The van der Waals surface area contributed by atoms with Gasteiger partial charge in [-0.3, -0.25) is 4.99 Å². The van der Waals surface area contributed by atoms with Crippen molar-refractivity contribution in [2.75, 3.05) is 14.2 Å². The summed E-state index contributed by atoms with van der Waals surface area (Å²) in [5.74, 6) is 2.65. The van der Waals surface area contributed by atoms with Crippen LogP contribution in [0.2, 0.25) is 0 Å². The average Bonchev–Trinajstić information content (AvgIpc) is 2.53. The van der Waals surface area contributed by atoms with Crippen LogP contribution in [0.3, 0.4) is 0 Å². The van der Waals surface area contributed by atoms with Crippen molar-refractivity contribution in [3.63, 3.8) is 0 Å². The van der Waals surface area contributed by atoms with Gasteiger partial charge in [-0.1, -0.05) is 25.1 Å². The van der Waals surface area contributed by atoms with E-state index in [1.807, 2.05) is 25.2 Å². The predicted molar refractivity (Wildman–Crippen MR) is 87.7 cm³/mol. The lowest BCUT2D eigenvalue weighted by molar-refractivity contribution is 0.329. The number of methoxy groups -OCH3 is 1. The van der Waals surface area contributed by atoms with Crippen LogP contribution in [0.25, 0.3) is 0 Å². The van der Waals surface area contributed by atoms with Crippen molar-refractivity contribution in [2.45, 2.75) is 45.2 Å². The lowest BCUT2D eigenvalue weighted by Gasteiger charge is -2.28. The number of rotatable bonds is 4. The maximum Gasteiger partial charge on any atom is 0.191 e. The van der Waals surface area contributed by atoms with Crippen LogP contribution < -0.4 is 15.4 Å². The van der Waals surface area contributed by atoms with Crippen LogP contribution in [0.1, 0.15) is 38.2 Å². The summed E-state index contributed by atoms with van der Waals surface area (Å²) in [4.78, 5) is 4.33. The Hall–Kier alpha value is -1.71. The number of ether oxygens (including phenoxy) is 1. The Kier molecular flexibility index (Phi) is 5.90. The van der Waals surface area contributed by atoms with Gasteiger partial charge in [-0.2, -0.15) is 0 Å². The molecule has 0 unspecified atom stereocenters. The van der Waals surface area contributed by atoms with Crippen molar-refractivity contribution in [3.8, 4) is 5.75 Å². The van der Waals surface area contributed by atoms with Crippen molar-refractivity contribution in [1.29, 1.82) is 0 Å². The Bertz CT molecular complexity index is 465. The van der Waals surface area contributed by atoms with Gasteiger partial charge in [-0.15, -0.1) is 0 Å². The van der Waals surface area contributed by atoms with Crippen molar-refractivity contribution < 1.29 is 4.74 Å². The number of nitrogens with zero attached hydrogens (tertiary/aromatic N) is 1. The van der Waals surface area contributed by atoms with E-state index < -0.39 is 0 Å². The smallest absolute Gasteiger partial charge is 0.191 e. The Morgan fingerprint density at radius 1 is 1.24 bits per heavy atom. The third-order valence-electron chi connectivity index (χ3n) is 4.22. The van der Waals surface area contributed by atoms with E-state index >= 15 is 0 Å². The van der Waals surface area contributed by atoms with Crippen molar-refractivity contribution in [3.05, 3.63) is 29.8 Å². The van der Waals surface area contributed by atoms with Gasteiger partial charge < -0.3 is 15.4 Å². The molecule has 0 aromatic heterocycles. The molecule has 4 heteroatoms. The lowest BCUT2D eigenvalue weighted by atomic mass is 9.87. The normalized spacial score (nSPS) is 22.7. The zero-order chi connectivity index (χ0) is 15.1. The molecule has 0 heterocycles. The fraction of sp³-hybridized carbons (Fsp3) is 0.588. The molecule has 0 spiro atoms. The summed E-state index contributed by atoms with van der Waals surface area (Å²) in [7, 11) is 3.53. The van der Waals surface area contributed by atoms with Crippen molar-refractivity contribution in [2.24, 2.45) is 10.9 Å². The van der Waals surface area contributed by atoms with E-state index in [2.05, 4.69) is 28.6 Å². The number of aliphatic imine (C=N–C) groups is 1. The standard InChI is InChI=1S/C17H27N3O/c1-13-8-10-15(11-9-13)20-17(18-2)19-12-14-6-4-5-7-16(14)21-3/h4-7,13,15H,8-12H2,1-3H3,(H2,18,19,20). The van der Waals surface area contributed by atoms with Crippen molar-refractivity contribution >= 4 is 5.96 Å². The Labute approximate surface area is 128 Å². The number of nitrogens with one attached hydrogen (secondary N) is 2. The molecule has 2 rings (SSSR count). The van der Waals surface area contributed by atoms with Gasteiger partial charge in [0.2, 0.25) is 0 Å². The lowest BCUT2D eigenvalue weighted by Crippen LogP contribution is -2.44. The first-order valence-electron chi connectivity index (χ1n) is 7.82. The zero-order valence-electron chi connectivity index (χ0n) is 13.4. The Morgan fingerprint density at radius 2 is 1.95 bits per heavy atom. The molecule has 1 aromatic rings. The minimum atomic E-state index is 0.546. The molecule has 0 amide bonds.